The maximum absolute atomic E-state index is 9.08. The second kappa shape index (κ2) is 4.39. The van der Waals surface area contributed by atoms with E-state index in [4.69, 9.17) is 5.11 Å². The van der Waals surface area contributed by atoms with Crippen LogP contribution in [0.2, 0.25) is 0 Å². The predicted molar refractivity (Wildman–Crippen MR) is 51.3 cm³/mol. The van der Waals surface area contributed by atoms with Crippen LogP contribution in [0, 0.1) is 0 Å². The number of rotatable bonds is 4. The van der Waals surface area contributed by atoms with Crippen molar-refractivity contribution in [3.8, 4) is 0 Å². The van der Waals surface area contributed by atoms with Gasteiger partial charge in [-0.2, -0.15) is 0 Å². The van der Waals surface area contributed by atoms with Crippen molar-refractivity contribution in [2.45, 2.75) is 26.0 Å². The van der Waals surface area contributed by atoms with Gasteiger partial charge >= 0.3 is 0 Å². The number of nitrogens with zero attached hydrogens (tertiary/aromatic N) is 2. The lowest BCUT2D eigenvalue weighted by Gasteiger charge is -2.14. The molecule has 0 aliphatic heterocycles. The summed E-state index contributed by atoms with van der Waals surface area (Å²) in [6.07, 6.45) is 3.37. The molecule has 0 spiro atoms. The minimum absolute atomic E-state index is 0.176. The number of hydrogen-bond donors (Lipinski definition) is 2. The Morgan fingerprint density at radius 1 is 1.62 bits per heavy atom. The maximum atomic E-state index is 9.08. The number of aryl methyl sites for hydroxylation is 1. The van der Waals surface area contributed by atoms with E-state index in [2.05, 4.69) is 10.3 Å². The molecule has 0 aliphatic rings. The van der Waals surface area contributed by atoms with E-state index in [9.17, 15) is 0 Å². The Morgan fingerprint density at radius 3 is 2.77 bits per heavy atom. The molecule has 2 atom stereocenters. The lowest BCUT2D eigenvalue weighted by atomic mass is 10.3. The van der Waals surface area contributed by atoms with Crippen molar-refractivity contribution < 1.29 is 5.11 Å². The van der Waals surface area contributed by atoms with Crippen LogP contribution < -0.4 is 5.32 Å². The minimum Gasteiger partial charge on any atom is -0.392 e. The molecule has 0 saturated heterocycles. The van der Waals surface area contributed by atoms with E-state index in [1.54, 1.807) is 13.1 Å². The second-order valence-electron chi connectivity index (χ2n) is 3.38. The number of imidazole rings is 1. The first-order valence-electron chi connectivity index (χ1n) is 4.50. The van der Waals surface area contributed by atoms with Crippen LogP contribution in [0.4, 0.5) is 0 Å². The molecule has 0 radical (unpaired) electrons. The summed E-state index contributed by atoms with van der Waals surface area (Å²) in [4.78, 5) is 4.21. The molecule has 2 unspecified atom stereocenters. The summed E-state index contributed by atoms with van der Waals surface area (Å²) < 4.78 is 1.97. The van der Waals surface area contributed by atoms with E-state index in [0.29, 0.717) is 6.54 Å². The van der Waals surface area contributed by atoms with Crippen molar-refractivity contribution >= 4 is 0 Å². The fraction of sp³-hybridized carbons (Fsp3) is 0.667. The molecule has 1 rings (SSSR count). The summed E-state index contributed by atoms with van der Waals surface area (Å²) in [6.45, 7) is 4.39. The summed E-state index contributed by atoms with van der Waals surface area (Å²) in [5.74, 6) is 0.987. The Morgan fingerprint density at radius 2 is 2.31 bits per heavy atom. The normalized spacial score (nSPS) is 15.7. The van der Waals surface area contributed by atoms with Crippen molar-refractivity contribution in [3.63, 3.8) is 0 Å². The molecule has 2 N–H and O–H groups in total. The highest BCUT2D eigenvalue weighted by atomic mass is 16.3. The molecule has 1 aromatic heterocycles. The summed E-state index contributed by atoms with van der Waals surface area (Å²) in [7, 11) is 1.96. The van der Waals surface area contributed by atoms with Gasteiger partial charge in [0.05, 0.1) is 12.1 Å². The van der Waals surface area contributed by atoms with Gasteiger partial charge in [-0.3, -0.25) is 0 Å². The van der Waals surface area contributed by atoms with Gasteiger partial charge in [-0.15, -0.1) is 0 Å². The lowest BCUT2D eigenvalue weighted by molar-refractivity contribution is 0.186. The molecular weight excluding hydrogens is 166 g/mol. The summed E-state index contributed by atoms with van der Waals surface area (Å²) in [6, 6.07) is 0.176. The Hall–Kier alpha value is -0.870. The van der Waals surface area contributed by atoms with Crippen molar-refractivity contribution in [2.24, 2.45) is 7.05 Å². The molecule has 1 aromatic rings. The van der Waals surface area contributed by atoms with Crippen LogP contribution in [0.1, 0.15) is 25.7 Å². The Balaban J connectivity index is 2.49. The zero-order chi connectivity index (χ0) is 9.84. The Kier molecular flexibility index (Phi) is 3.45. The third kappa shape index (κ3) is 2.82. The number of nitrogens with one attached hydrogen (secondary N) is 1. The minimum atomic E-state index is -0.317. The van der Waals surface area contributed by atoms with E-state index in [-0.39, 0.29) is 12.1 Å². The van der Waals surface area contributed by atoms with Crippen LogP contribution in [0.15, 0.2) is 12.4 Å². The van der Waals surface area contributed by atoms with Gasteiger partial charge in [0.2, 0.25) is 0 Å². The van der Waals surface area contributed by atoms with Crippen molar-refractivity contribution in [1.82, 2.24) is 14.9 Å². The molecule has 13 heavy (non-hydrogen) atoms. The van der Waals surface area contributed by atoms with Crippen LogP contribution >= 0.6 is 0 Å². The van der Waals surface area contributed by atoms with Gasteiger partial charge < -0.3 is 15.0 Å². The van der Waals surface area contributed by atoms with Crippen molar-refractivity contribution in [3.05, 3.63) is 18.2 Å². The van der Waals surface area contributed by atoms with Gasteiger partial charge in [-0.05, 0) is 13.8 Å². The van der Waals surface area contributed by atoms with Crippen LogP contribution in [0.5, 0.6) is 0 Å². The van der Waals surface area contributed by atoms with Crippen molar-refractivity contribution in [1.29, 1.82) is 0 Å². The molecule has 74 valence electrons. The highest BCUT2D eigenvalue weighted by Crippen LogP contribution is 2.07. The maximum Gasteiger partial charge on any atom is 0.125 e. The van der Waals surface area contributed by atoms with Crippen LogP contribution in [0.25, 0.3) is 0 Å². The molecule has 0 aliphatic carbocycles. The SMILES string of the molecule is CC(O)CNC(C)c1nccn1C. The van der Waals surface area contributed by atoms with Gasteiger partial charge in [0.25, 0.3) is 0 Å². The third-order valence-corrected chi connectivity index (χ3v) is 1.97. The quantitative estimate of drug-likeness (QED) is 0.712. The van der Waals surface area contributed by atoms with Gasteiger partial charge in [0.1, 0.15) is 5.82 Å². The number of hydrogen-bond acceptors (Lipinski definition) is 3. The molecule has 0 bridgehead atoms. The zero-order valence-corrected chi connectivity index (χ0v) is 8.36. The molecule has 0 fully saturated rings. The highest BCUT2D eigenvalue weighted by Gasteiger charge is 2.09. The second-order valence-corrected chi connectivity index (χ2v) is 3.38. The number of aliphatic hydroxyl groups excluding tert-OH is 1. The van der Waals surface area contributed by atoms with Gasteiger partial charge in [-0.25, -0.2) is 4.98 Å². The van der Waals surface area contributed by atoms with E-state index >= 15 is 0 Å². The number of aliphatic hydroxyl groups is 1. The van der Waals surface area contributed by atoms with E-state index in [0.717, 1.165) is 5.82 Å². The van der Waals surface area contributed by atoms with E-state index in [1.807, 2.05) is 24.7 Å². The monoisotopic (exact) mass is 183 g/mol. The third-order valence-electron chi connectivity index (χ3n) is 1.97. The van der Waals surface area contributed by atoms with Crippen LogP contribution in [0.3, 0.4) is 0 Å². The lowest BCUT2D eigenvalue weighted by Crippen LogP contribution is -2.28. The Labute approximate surface area is 78.6 Å². The molecular formula is C9H17N3O. The molecule has 0 saturated carbocycles. The van der Waals surface area contributed by atoms with Crippen molar-refractivity contribution in [2.75, 3.05) is 6.54 Å². The van der Waals surface area contributed by atoms with Crippen LogP contribution in [-0.4, -0.2) is 27.3 Å². The highest BCUT2D eigenvalue weighted by molar-refractivity contribution is 4.96. The summed E-state index contributed by atoms with van der Waals surface area (Å²) in [5, 5.41) is 12.3. The first-order chi connectivity index (χ1) is 6.11. The van der Waals surface area contributed by atoms with Gasteiger partial charge in [0.15, 0.2) is 0 Å². The van der Waals surface area contributed by atoms with Gasteiger partial charge in [-0.1, -0.05) is 0 Å². The average molecular weight is 183 g/mol. The zero-order valence-electron chi connectivity index (χ0n) is 8.36. The first-order valence-corrected chi connectivity index (χ1v) is 4.50. The topological polar surface area (TPSA) is 50.1 Å². The molecule has 4 nitrogen and oxygen atoms in total. The Bertz CT molecular complexity index is 257. The largest absolute Gasteiger partial charge is 0.392 e. The van der Waals surface area contributed by atoms with Gasteiger partial charge in [0, 0.05) is 26.0 Å². The average Bonchev–Trinajstić information content (AvgIpc) is 2.47. The first kappa shape index (κ1) is 10.2. The summed E-state index contributed by atoms with van der Waals surface area (Å²) >= 11 is 0. The predicted octanol–water partition coefficient (Wildman–Crippen LogP) is 0.451. The molecule has 0 aromatic carbocycles. The fourth-order valence-electron chi connectivity index (χ4n) is 1.23. The van der Waals surface area contributed by atoms with E-state index in [1.165, 1.54) is 0 Å². The molecule has 1 heterocycles. The van der Waals surface area contributed by atoms with Crippen LogP contribution in [-0.2, 0) is 7.05 Å². The molecule has 0 amide bonds. The standard InChI is InChI=1S/C9H17N3O/c1-7(13)6-11-8(2)9-10-4-5-12(9)3/h4-5,7-8,11,13H,6H2,1-3H3. The fourth-order valence-corrected chi connectivity index (χ4v) is 1.23. The smallest absolute Gasteiger partial charge is 0.125 e. The summed E-state index contributed by atoms with van der Waals surface area (Å²) in [5.41, 5.74) is 0. The number of aromatic nitrogens is 2. The molecule has 4 heteroatoms. The van der Waals surface area contributed by atoms with E-state index < -0.39 is 0 Å².